The highest BCUT2D eigenvalue weighted by molar-refractivity contribution is 5.76. The average molecular weight is 306 g/mol. The monoisotopic (exact) mass is 306 g/mol. The molecular formula is C15H22N4O3. The van der Waals surface area contributed by atoms with Crippen LogP contribution in [0.3, 0.4) is 0 Å². The van der Waals surface area contributed by atoms with Crippen LogP contribution in [0.5, 0.6) is 0 Å². The number of carbonyl (C=O) groups is 1. The summed E-state index contributed by atoms with van der Waals surface area (Å²) in [5.74, 6) is 0.196. The number of fused-ring (bicyclic) bond motifs is 1. The summed E-state index contributed by atoms with van der Waals surface area (Å²) in [6, 6.07) is 5.05. The van der Waals surface area contributed by atoms with Crippen LogP contribution in [0.1, 0.15) is 26.7 Å². The van der Waals surface area contributed by atoms with Gasteiger partial charge in [0, 0.05) is 12.6 Å². The zero-order valence-electron chi connectivity index (χ0n) is 12.9. The van der Waals surface area contributed by atoms with Crippen molar-refractivity contribution in [3.05, 3.63) is 34.9 Å². The molecule has 0 saturated heterocycles. The van der Waals surface area contributed by atoms with Crippen molar-refractivity contribution in [2.75, 3.05) is 6.61 Å². The Morgan fingerprint density at radius 2 is 2.18 bits per heavy atom. The zero-order chi connectivity index (χ0) is 16.1. The minimum Gasteiger partial charge on any atom is -0.394 e. The standard InChI is InChI=1S/C15H22N4O3/c1-11(2)9-12(10-20)16-14(21)6-8-19-15(22)18-7-4-3-5-13(18)17-19/h3-5,7,11-12,20H,6,8-10H2,1-2H3,(H,16,21). The Kier molecular flexibility index (Phi) is 5.32. The van der Waals surface area contributed by atoms with Crippen LogP contribution in [-0.2, 0) is 11.3 Å². The fourth-order valence-electron chi connectivity index (χ4n) is 2.37. The van der Waals surface area contributed by atoms with E-state index < -0.39 is 0 Å². The van der Waals surface area contributed by atoms with E-state index in [2.05, 4.69) is 10.4 Å². The highest BCUT2D eigenvalue weighted by atomic mass is 16.3. The molecular weight excluding hydrogens is 284 g/mol. The number of nitrogens with one attached hydrogen (secondary N) is 1. The van der Waals surface area contributed by atoms with Crippen LogP contribution < -0.4 is 11.0 Å². The Morgan fingerprint density at radius 1 is 1.41 bits per heavy atom. The number of aliphatic hydroxyl groups excluding tert-OH is 1. The lowest BCUT2D eigenvalue weighted by atomic mass is 10.0. The maximum atomic E-state index is 12.1. The van der Waals surface area contributed by atoms with Crippen molar-refractivity contribution in [2.24, 2.45) is 5.92 Å². The van der Waals surface area contributed by atoms with E-state index in [1.807, 2.05) is 13.8 Å². The molecule has 0 saturated carbocycles. The molecule has 2 aromatic rings. The first-order valence-electron chi connectivity index (χ1n) is 7.45. The molecule has 0 aliphatic carbocycles. The lowest BCUT2D eigenvalue weighted by molar-refractivity contribution is -0.122. The summed E-state index contributed by atoms with van der Waals surface area (Å²) in [5, 5.41) is 16.2. The van der Waals surface area contributed by atoms with Gasteiger partial charge in [-0.05, 0) is 24.5 Å². The van der Waals surface area contributed by atoms with Crippen LogP contribution in [0.4, 0.5) is 0 Å². The summed E-state index contributed by atoms with van der Waals surface area (Å²) in [6.07, 6.45) is 2.51. The van der Waals surface area contributed by atoms with E-state index in [1.54, 1.807) is 24.4 Å². The lowest BCUT2D eigenvalue weighted by Crippen LogP contribution is -2.39. The van der Waals surface area contributed by atoms with Gasteiger partial charge >= 0.3 is 5.69 Å². The van der Waals surface area contributed by atoms with Crippen molar-refractivity contribution >= 4 is 11.6 Å². The zero-order valence-corrected chi connectivity index (χ0v) is 12.9. The van der Waals surface area contributed by atoms with Crippen LogP contribution >= 0.6 is 0 Å². The van der Waals surface area contributed by atoms with Gasteiger partial charge in [0.2, 0.25) is 5.91 Å². The SMILES string of the molecule is CC(C)CC(CO)NC(=O)CCn1nc2ccccn2c1=O. The quantitative estimate of drug-likeness (QED) is 0.775. The van der Waals surface area contributed by atoms with E-state index in [4.69, 9.17) is 0 Å². The molecule has 0 aliphatic heterocycles. The van der Waals surface area contributed by atoms with Crippen molar-refractivity contribution in [2.45, 2.75) is 39.3 Å². The van der Waals surface area contributed by atoms with Gasteiger partial charge in [0.15, 0.2) is 5.65 Å². The third kappa shape index (κ3) is 3.94. The van der Waals surface area contributed by atoms with E-state index in [9.17, 15) is 14.7 Å². The fraction of sp³-hybridized carbons (Fsp3) is 0.533. The highest BCUT2D eigenvalue weighted by Crippen LogP contribution is 2.04. The van der Waals surface area contributed by atoms with Crippen molar-refractivity contribution in [1.29, 1.82) is 0 Å². The van der Waals surface area contributed by atoms with Crippen LogP contribution in [-0.4, -0.2) is 37.8 Å². The number of rotatable bonds is 7. The lowest BCUT2D eigenvalue weighted by Gasteiger charge is -2.18. The molecule has 0 fully saturated rings. The summed E-state index contributed by atoms with van der Waals surface area (Å²) in [7, 11) is 0. The van der Waals surface area contributed by atoms with Gasteiger partial charge in [-0.3, -0.25) is 9.20 Å². The topological polar surface area (TPSA) is 88.6 Å². The Morgan fingerprint density at radius 3 is 2.82 bits per heavy atom. The maximum Gasteiger partial charge on any atom is 0.350 e. The highest BCUT2D eigenvalue weighted by Gasteiger charge is 2.14. The second-order valence-corrected chi connectivity index (χ2v) is 5.76. The molecule has 0 bridgehead atoms. The summed E-state index contributed by atoms with van der Waals surface area (Å²) >= 11 is 0. The van der Waals surface area contributed by atoms with Crippen LogP contribution in [0.2, 0.25) is 0 Å². The molecule has 0 spiro atoms. The third-order valence-electron chi connectivity index (χ3n) is 3.38. The molecule has 2 aromatic heterocycles. The molecule has 7 heteroatoms. The minimum atomic E-state index is -0.260. The minimum absolute atomic E-state index is 0.0851. The molecule has 1 atom stereocenters. The predicted octanol–water partition coefficient (Wildman–Crippen LogP) is 0.409. The molecule has 2 heterocycles. The summed E-state index contributed by atoms with van der Waals surface area (Å²) in [4.78, 5) is 24.0. The number of aromatic nitrogens is 3. The van der Waals surface area contributed by atoms with Crippen molar-refractivity contribution in [3.63, 3.8) is 0 Å². The maximum absolute atomic E-state index is 12.1. The van der Waals surface area contributed by atoms with E-state index in [0.717, 1.165) is 6.42 Å². The number of amides is 1. The van der Waals surface area contributed by atoms with Gasteiger partial charge in [-0.15, -0.1) is 5.10 Å². The Balaban J connectivity index is 1.95. The van der Waals surface area contributed by atoms with Gasteiger partial charge in [-0.1, -0.05) is 19.9 Å². The number of aliphatic hydroxyl groups is 1. The van der Waals surface area contributed by atoms with E-state index >= 15 is 0 Å². The van der Waals surface area contributed by atoms with Crippen LogP contribution in [0, 0.1) is 5.92 Å². The summed E-state index contributed by atoms with van der Waals surface area (Å²) < 4.78 is 2.72. The Bertz CT molecular complexity index is 689. The average Bonchev–Trinajstić information content (AvgIpc) is 2.81. The first-order valence-corrected chi connectivity index (χ1v) is 7.45. The summed E-state index contributed by atoms with van der Waals surface area (Å²) in [6.45, 7) is 4.19. The Hall–Kier alpha value is -2.15. The van der Waals surface area contributed by atoms with E-state index in [0.29, 0.717) is 11.6 Å². The fourth-order valence-corrected chi connectivity index (χ4v) is 2.37. The first-order chi connectivity index (χ1) is 10.5. The number of hydrogen-bond donors (Lipinski definition) is 2. The van der Waals surface area contributed by atoms with Crippen LogP contribution in [0.15, 0.2) is 29.2 Å². The molecule has 0 aromatic carbocycles. The second kappa shape index (κ2) is 7.22. The van der Waals surface area contributed by atoms with Crippen molar-refractivity contribution < 1.29 is 9.90 Å². The van der Waals surface area contributed by atoms with Crippen molar-refractivity contribution in [1.82, 2.24) is 19.5 Å². The largest absolute Gasteiger partial charge is 0.394 e. The van der Waals surface area contributed by atoms with Gasteiger partial charge in [0.25, 0.3) is 0 Å². The number of nitrogens with zero attached hydrogens (tertiary/aromatic N) is 3. The molecule has 0 aliphatic rings. The first kappa shape index (κ1) is 16.2. The van der Waals surface area contributed by atoms with E-state index in [1.165, 1.54) is 9.08 Å². The van der Waals surface area contributed by atoms with E-state index in [-0.39, 0.29) is 37.2 Å². The second-order valence-electron chi connectivity index (χ2n) is 5.76. The number of hydrogen-bond acceptors (Lipinski definition) is 4. The molecule has 7 nitrogen and oxygen atoms in total. The molecule has 1 unspecified atom stereocenters. The number of pyridine rings is 1. The van der Waals surface area contributed by atoms with Crippen LogP contribution in [0.25, 0.3) is 5.65 Å². The molecule has 0 radical (unpaired) electrons. The van der Waals surface area contributed by atoms with Gasteiger partial charge in [-0.2, -0.15) is 0 Å². The third-order valence-corrected chi connectivity index (χ3v) is 3.38. The molecule has 22 heavy (non-hydrogen) atoms. The molecule has 2 rings (SSSR count). The number of aryl methyl sites for hydroxylation is 1. The van der Waals surface area contributed by atoms with Gasteiger partial charge in [-0.25, -0.2) is 9.48 Å². The molecule has 120 valence electrons. The smallest absolute Gasteiger partial charge is 0.350 e. The van der Waals surface area contributed by atoms with Gasteiger partial charge in [0.05, 0.1) is 19.2 Å². The van der Waals surface area contributed by atoms with Crippen molar-refractivity contribution in [3.8, 4) is 0 Å². The normalized spacial score (nSPS) is 12.7. The molecule has 1 amide bonds. The van der Waals surface area contributed by atoms with Gasteiger partial charge < -0.3 is 10.4 Å². The number of carbonyl (C=O) groups excluding carboxylic acids is 1. The summed E-state index contributed by atoms with van der Waals surface area (Å²) in [5.41, 5.74) is 0.297. The predicted molar refractivity (Wildman–Crippen MR) is 82.5 cm³/mol. The molecule has 2 N–H and O–H groups in total. The Labute approximate surface area is 128 Å². The van der Waals surface area contributed by atoms with Gasteiger partial charge in [0.1, 0.15) is 0 Å².